The van der Waals surface area contributed by atoms with Gasteiger partial charge in [-0.25, -0.2) is 9.18 Å². The van der Waals surface area contributed by atoms with E-state index in [-0.39, 0.29) is 17.3 Å². The van der Waals surface area contributed by atoms with Crippen molar-refractivity contribution in [2.45, 2.75) is 25.4 Å². The highest BCUT2D eigenvalue weighted by molar-refractivity contribution is 6.11. The molecule has 3 aromatic carbocycles. The molecule has 10 heteroatoms. The van der Waals surface area contributed by atoms with Gasteiger partial charge < -0.3 is 34.4 Å². The number of halogens is 1. The first-order chi connectivity index (χ1) is 20.9. The second-order valence-corrected chi connectivity index (χ2v) is 10.3. The maximum Gasteiger partial charge on any atom is 0.335 e. The third kappa shape index (κ3) is 7.78. The monoisotopic (exact) mass is 590 g/mol. The number of furan rings is 1. The number of nitrogens with one attached hydrogen (secondary N) is 2. The largest absolute Gasteiger partial charge is 0.478 e. The van der Waals surface area contributed by atoms with E-state index in [1.54, 1.807) is 43.4 Å². The summed E-state index contributed by atoms with van der Waals surface area (Å²) in [6.07, 6.45) is 2.18. The van der Waals surface area contributed by atoms with Crippen molar-refractivity contribution >= 4 is 28.5 Å². The van der Waals surface area contributed by atoms with Crippen molar-refractivity contribution in [3.8, 4) is 11.3 Å². The van der Waals surface area contributed by atoms with Gasteiger partial charge in [0.05, 0.1) is 50.8 Å². The van der Waals surface area contributed by atoms with Gasteiger partial charge in [-0.2, -0.15) is 0 Å². The molecule has 9 nitrogen and oxygen atoms in total. The number of carbonyl (C=O) groups is 2. The highest BCUT2D eigenvalue weighted by Gasteiger charge is 2.29. The molecule has 4 aromatic rings. The average molecular weight is 591 g/mol. The third-order valence-corrected chi connectivity index (χ3v) is 7.21. The number of carboxylic acids is 1. The number of ether oxygens (including phenoxy) is 3. The molecule has 1 aromatic heterocycles. The van der Waals surface area contributed by atoms with Gasteiger partial charge in [-0.1, -0.05) is 12.1 Å². The van der Waals surface area contributed by atoms with Crippen molar-refractivity contribution in [1.82, 2.24) is 5.32 Å². The van der Waals surface area contributed by atoms with Gasteiger partial charge in [0.15, 0.2) is 0 Å². The lowest BCUT2D eigenvalue weighted by Crippen LogP contribution is -2.18. The Labute approximate surface area is 248 Å². The molecule has 3 N–H and O–H groups in total. The van der Waals surface area contributed by atoms with Crippen molar-refractivity contribution in [2.24, 2.45) is 0 Å². The molecular formula is C33H35FN2O7. The average Bonchev–Trinajstić information content (AvgIpc) is 3.80. The van der Waals surface area contributed by atoms with Crippen LogP contribution >= 0.6 is 0 Å². The molecule has 0 spiro atoms. The first-order valence-electron chi connectivity index (χ1n) is 14.3. The van der Waals surface area contributed by atoms with Crippen LogP contribution in [0.4, 0.5) is 10.1 Å². The predicted octanol–water partition coefficient (Wildman–Crippen LogP) is 5.84. The number of amides is 1. The summed E-state index contributed by atoms with van der Waals surface area (Å²) < 4.78 is 36.6. The summed E-state index contributed by atoms with van der Waals surface area (Å²) in [4.78, 5) is 23.8. The maximum atomic E-state index is 13.5. The summed E-state index contributed by atoms with van der Waals surface area (Å²) in [5.41, 5.74) is 4.90. The molecule has 5 rings (SSSR count). The molecule has 0 saturated heterocycles. The Kier molecular flexibility index (Phi) is 10.0. The van der Waals surface area contributed by atoms with Crippen LogP contribution in [0.5, 0.6) is 0 Å². The summed E-state index contributed by atoms with van der Waals surface area (Å²) in [6, 6.07) is 16.5. The first kappa shape index (κ1) is 30.2. The summed E-state index contributed by atoms with van der Waals surface area (Å²) in [7, 11) is 1.58. The number of carbonyl (C=O) groups excluding carboxylic acids is 1. The quantitative estimate of drug-likeness (QED) is 0.139. The lowest BCUT2D eigenvalue weighted by Gasteiger charge is -2.13. The van der Waals surface area contributed by atoms with Crippen LogP contribution in [0.15, 0.2) is 65.1 Å². The molecule has 226 valence electrons. The zero-order valence-electron chi connectivity index (χ0n) is 24.0. The Morgan fingerprint density at radius 3 is 2.26 bits per heavy atom. The molecule has 1 fully saturated rings. The second-order valence-electron chi connectivity index (χ2n) is 10.3. The highest BCUT2D eigenvalue weighted by atomic mass is 19.1. The number of hydrogen-bond acceptors (Lipinski definition) is 7. The number of benzene rings is 3. The second kappa shape index (κ2) is 14.3. The van der Waals surface area contributed by atoms with E-state index in [1.165, 1.54) is 12.1 Å². The van der Waals surface area contributed by atoms with E-state index in [9.17, 15) is 14.0 Å². The number of rotatable bonds is 16. The van der Waals surface area contributed by atoms with E-state index in [0.717, 1.165) is 35.0 Å². The zero-order valence-corrected chi connectivity index (χ0v) is 24.0. The van der Waals surface area contributed by atoms with Crippen molar-refractivity contribution in [2.75, 3.05) is 51.9 Å². The fraction of sp³-hybridized carbons (Fsp3) is 0.333. The van der Waals surface area contributed by atoms with Crippen LogP contribution in [0.2, 0.25) is 0 Å². The normalized spacial score (nSPS) is 12.9. The summed E-state index contributed by atoms with van der Waals surface area (Å²) in [5, 5.41) is 15.8. The van der Waals surface area contributed by atoms with Crippen molar-refractivity contribution in [1.29, 1.82) is 0 Å². The summed E-state index contributed by atoms with van der Waals surface area (Å²) >= 11 is 0. The standard InChI is InChI=1S/C33H35FN2O7/c1-35-32(37)30-27-18-26(22-6-7-22)28(19-29(27)43-31(30)23-8-10-25(34)11-9-23)36-12-13-40-14-15-41-16-17-42-20-21-2-4-24(5-3-21)33(38)39/h2-5,8-11,18-19,22,36H,6-7,12-17,20H2,1H3,(H,35,37)(H,38,39). The van der Waals surface area contributed by atoms with Gasteiger partial charge in [0.1, 0.15) is 17.2 Å². The highest BCUT2D eigenvalue weighted by Crippen LogP contribution is 2.46. The van der Waals surface area contributed by atoms with Crippen LogP contribution < -0.4 is 10.6 Å². The molecule has 0 bridgehead atoms. The van der Waals surface area contributed by atoms with E-state index in [0.29, 0.717) is 74.6 Å². The molecule has 1 aliphatic rings. The molecule has 0 radical (unpaired) electrons. The van der Waals surface area contributed by atoms with Gasteiger partial charge in [-0.05, 0) is 72.4 Å². The molecule has 43 heavy (non-hydrogen) atoms. The van der Waals surface area contributed by atoms with Gasteiger partial charge in [0.2, 0.25) is 0 Å². The first-order valence-corrected chi connectivity index (χ1v) is 14.3. The van der Waals surface area contributed by atoms with Gasteiger partial charge in [-0.15, -0.1) is 0 Å². The predicted molar refractivity (Wildman–Crippen MR) is 160 cm³/mol. The molecule has 0 unspecified atom stereocenters. The zero-order chi connectivity index (χ0) is 30.2. The molecule has 0 atom stereocenters. The van der Waals surface area contributed by atoms with Crippen LogP contribution in [-0.4, -0.2) is 63.6 Å². The number of hydrogen-bond donors (Lipinski definition) is 3. The van der Waals surface area contributed by atoms with Crippen LogP contribution in [0.25, 0.3) is 22.3 Å². The molecular weight excluding hydrogens is 555 g/mol. The molecule has 1 saturated carbocycles. The number of carboxylic acid groups (broad SMARTS) is 1. The minimum atomic E-state index is -0.951. The Bertz CT molecular complexity index is 1550. The number of aromatic carboxylic acids is 1. The Hall–Kier alpha value is -4.25. The smallest absolute Gasteiger partial charge is 0.335 e. The van der Waals surface area contributed by atoms with Gasteiger partial charge in [0.25, 0.3) is 5.91 Å². The van der Waals surface area contributed by atoms with Gasteiger partial charge in [-0.3, -0.25) is 4.79 Å². The van der Waals surface area contributed by atoms with Crippen molar-refractivity contribution in [3.05, 3.63) is 88.7 Å². The molecule has 1 heterocycles. The lowest BCUT2D eigenvalue weighted by atomic mass is 10.0. The summed E-state index contributed by atoms with van der Waals surface area (Å²) in [5.74, 6) is -0.723. The van der Waals surface area contributed by atoms with E-state index in [2.05, 4.69) is 10.6 Å². The van der Waals surface area contributed by atoms with Gasteiger partial charge >= 0.3 is 5.97 Å². The molecule has 0 aliphatic heterocycles. The van der Waals surface area contributed by atoms with Crippen molar-refractivity contribution < 1.29 is 37.7 Å². The Morgan fingerprint density at radius 1 is 0.930 bits per heavy atom. The number of anilines is 1. The topological polar surface area (TPSA) is 119 Å². The van der Waals surface area contributed by atoms with Crippen molar-refractivity contribution in [3.63, 3.8) is 0 Å². The fourth-order valence-corrected chi connectivity index (χ4v) is 4.83. The maximum absolute atomic E-state index is 13.5. The lowest BCUT2D eigenvalue weighted by molar-refractivity contribution is 0.0123. The van der Waals surface area contributed by atoms with Crippen LogP contribution in [0.1, 0.15) is 50.6 Å². The van der Waals surface area contributed by atoms with Crippen LogP contribution in [-0.2, 0) is 20.8 Å². The summed E-state index contributed by atoms with van der Waals surface area (Å²) in [6.45, 7) is 3.20. The van der Waals surface area contributed by atoms with E-state index in [4.69, 9.17) is 23.7 Å². The number of fused-ring (bicyclic) bond motifs is 1. The van der Waals surface area contributed by atoms with E-state index in [1.807, 2.05) is 12.1 Å². The van der Waals surface area contributed by atoms with Crippen LogP contribution in [0, 0.1) is 5.82 Å². The Morgan fingerprint density at radius 2 is 1.60 bits per heavy atom. The van der Waals surface area contributed by atoms with E-state index < -0.39 is 5.97 Å². The SMILES string of the molecule is CNC(=O)c1c(-c2ccc(F)cc2)oc2cc(NCCOCCOCCOCc3ccc(C(=O)O)cc3)c(C3CC3)cc12. The third-order valence-electron chi connectivity index (χ3n) is 7.21. The fourth-order valence-electron chi connectivity index (χ4n) is 4.83. The molecule has 1 amide bonds. The van der Waals surface area contributed by atoms with Crippen LogP contribution in [0.3, 0.4) is 0 Å². The minimum Gasteiger partial charge on any atom is -0.478 e. The minimum absolute atomic E-state index is 0.248. The van der Waals surface area contributed by atoms with E-state index >= 15 is 0 Å². The molecule has 1 aliphatic carbocycles. The Balaban J connectivity index is 1.09. The van der Waals surface area contributed by atoms with Gasteiger partial charge in [0, 0.05) is 36.3 Å².